The highest BCUT2D eigenvalue weighted by Crippen LogP contribution is 2.20. The molecule has 108 valence electrons. The van der Waals surface area contributed by atoms with E-state index in [4.69, 9.17) is 0 Å². The lowest BCUT2D eigenvalue weighted by Gasteiger charge is -2.31. The summed E-state index contributed by atoms with van der Waals surface area (Å²) >= 11 is 0. The number of likely N-dealkylation sites (N-methyl/N-ethyl adjacent to an activating group) is 1. The first-order chi connectivity index (χ1) is 9.19. The van der Waals surface area contributed by atoms with Gasteiger partial charge in [0.1, 0.15) is 0 Å². The van der Waals surface area contributed by atoms with Crippen molar-refractivity contribution >= 4 is 0 Å². The molecule has 0 fully saturated rings. The lowest BCUT2D eigenvalue weighted by molar-refractivity contribution is 0.201. The van der Waals surface area contributed by atoms with E-state index in [1.165, 1.54) is 18.5 Å². The Morgan fingerprint density at radius 2 is 1.74 bits per heavy atom. The van der Waals surface area contributed by atoms with Gasteiger partial charge in [-0.15, -0.1) is 0 Å². The van der Waals surface area contributed by atoms with Crippen LogP contribution in [0.3, 0.4) is 0 Å². The SMILES string of the molecule is CCCN(CC)C(CNCC(C)C)c1ccccc1. The average Bonchev–Trinajstić information content (AvgIpc) is 2.42. The molecule has 0 amide bonds. The van der Waals surface area contributed by atoms with Crippen LogP contribution in [0.4, 0.5) is 0 Å². The molecule has 1 aromatic carbocycles. The van der Waals surface area contributed by atoms with Crippen molar-refractivity contribution in [2.24, 2.45) is 5.92 Å². The smallest absolute Gasteiger partial charge is 0.0472 e. The molecule has 2 heteroatoms. The van der Waals surface area contributed by atoms with Crippen LogP contribution < -0.4 is 5.32 Å². The van der Waals surface area contributed by atoms with Crippen molar-refractivity contribution in [3.63, 3.8) is 0 Å². The van der Waals surface area contributed by atoms with Crippen LogP contribution in [0.5, 0.6) is 0 Å². The molecule has 1 unspecified atom stereocenters. The molecule has 0 aliphatic heterocycles. The Bertz CT molecular complexity index is 321. The molecular formula is C17H30N2. The molecule has 0 bridgehead atoms. The minimum absolute atomic E-state index is 0.491. The Morgan fingerprint density at radius 1 is 1.05 bits per heavy atom. The molecule has 0 spiro atoms. The summed E-state index contributed by atoms with van der Waals surface area (Å²) in [6, 6.07) is 11.4. The number of hydrogen-bond donors (Lipinski definition) is 1. The normalized spacial score (nSPS) is 13.2. The highest BCUT2D eigenvalue weighted by atomic mass is 15.2. The second-order valence-electron chi connectivity index (χ2n) is 5.61. The van der Waals surface area contributed by atoms with Crippen LogP contribution in [0.15, 0.2) is 30.3 Å². The standard InChI is InChI=1S/C17H30N2/c1-5-12-19(6-2)17(14-18-13-15(3)4)16-10-8-7-9-11-16/h7-11,15,17-18H,5-6,12-14H2,1-4H3. The number of nitrogens with one attached hydrogen (secondary N) is 1. The second-order valence-corrected chi connectivity index (χ2v) is 5.61. The van der Waals surface area contributed by atoms with Gasteiger partial charge >= 0.3 is 0 Å². The first kappa shape index (κ1) is 16.2. The summed E-state index contributed by atoms with van der Waals surface area (Å²) in [7, 11) is 0. The van der Waals surface area contributed by atoms with Crippen molar-refractivity contribution in [1.82, 2.24) is 10.2 Å². The van der Waals surface area contributed by atoms with Crippen molar-refractivity contribution in [3.8, 4) is 0 Å². The van der Waals surface area contributed by atoms with Gasteiger partial charge in [0.15, 0.2) is 0 Å². The summed E-state index contributed by atoms with van der Waals surface area (Å²) in [5.74, 6) is 0.706. The molecule has 0 aliphatic carbocycles. The summed E-state index contributed by atoms with van der Waals surface area (Å²) in [5.41, 5.74) is 1.43. The summed E-state index contributed by atoms with van der Waals surface area (Å²) in [6.07, 6.45) is 1.21. The van der Waals surface area contributed by atoms with Gasteiger partial charge in [0.25, 0.3) is 0 Å². The highest BCUT2D eigenvalue weighted by molar-refractivity contribution is 5.19. The van der Waals surface area contributed by atoms with Gasteiger partial charge in [-0.3, -0.25) is 4.90 Å². The number of rotatable bonds is 9. The van der Waals surface area contributed by atoms with Crippen LogP contribution in [0.1, 0.15) is 45.7 Å². The molecule has 1 aromatic rings. The largest absolute Gasteiger partial charge is 0.315 e. The maximum Gasteiger partial charge on any atom is 0.0472 e. The topological polar surface area (TPSA) is 15.3 Å². The van der Waals surface area contributed by atoms with Gasteiger partial charge < -0.3 is 5.32 Å². The van der Waals surface area contributed by atoms with Gasteiger partial charge in [-0.1, -0.05) is 58.0 Å². The third kappa shape index (κ3) is 5.75. The second kappa shape index (κ2) is 9.11. The van der Waals surface area contributed by atoms with E-state index in [1.54, 1.807) is 0 Å². The minimum atomic E-state index is 0.491. The van der Waals surface area contributed by atoms with Crippen molar-refractivity contribution < 1.29 is 0 Å². The van der Waals surface area contributed by atoms with E-state index in [0.717, 1.165) is 19.6 Å². The molecule has 0 aliphatic rings. The van der Waals surface area contributed by atoms with Crippen LogP contribution >= 0.6 is 0 Å². The zero-order chi connectivity index (χ0) is 14.1. The van der Waals surface area contributed by atoms with Crippen molar-refractivity contribution in [2.75, 3.05) is 26.2 Å². The van der Waals surface area contributed by atoms with Crippen molar-refractivity contribution in [2.45, 2.75) is 40.2 Å². The van der Waals surface area contributed by atoms with E-state index < -0.39 is 0 Å². The summed E-state index contributed by atoms with van der Waals surface area (Å²) in [6.45, 7) is 13.4. The fourth-order valence-electron chi connectivity index (χ4n) is 2.46. The lowest BCUT2D eigenvalue weighted by Crippen LogP contribution is -2.37. The zero-order valence-corrected chi connectivity index (χ0v) is 13.0. The van der Waals surface area contributed by atoms with Gasteiger partial charge in [0.05, 0.1) is 0 Å². The van der Waals surface area contributed by atoms with Crippen LogP contribution in [0.25, 0.3) is 0 Å². The molecule has 0 aromatic heterocycles. The minimum Gasteiger partial charge on any atom is -0.315 e. The molecule has 0 saturated carbocycles. The fraction of sp³-hybridized carbons (Fsp3) is 0.647. The third-order valence-electron chi connectivity index (χ3n) is 3.43. The predicted molar refractivity (Wildman–Crippen MR) is 84.4 cm³/mol. The molecular weight excluding hydrogens is 232 g/mol. The average molecular weight is 262 g/mol. The first-order valence-corrected chi connectivity index (χ1v) is 7.68. The Morgan fingerprint density at radius 3 is 2.26 bits per heavy atom. The van der Waals surface area contributed by atoms with E-state index in [2.05, 4.69) is 68.2 Å². The molecule has 1 rings (SSSR count). The Balaban J connectivity index is 2.72. The monoisotopic (exact) mass is 262 g/mol. The fourth-order valence-corrected chi connectivity index (χ4v) is 2.46. The number of hydrogen-bond acceptors (Lipinski definition) is 2. The Kier molecular flexibility index (Phi) is 7.76. The van der Waals surface area contributed by atoms with E-state index in [1.807, 2.05) is 0 Å². The Hall–Kier alpha value is -0.860. The zero-order valence-electron chi connectivity index (χ0n) is 13.0. The molecule has 1 atom stereocenters. The van der Waals surface area contributed by atoms with Gasteiger partial charge in [0.2, 0.25) is 0 Å². The molecule has 0 radical (unpaired) electrons. The van der Waals surface area contributed by atoms with Gasteiger partial charge in [0, 0.05) is 12.6 Å². The number of benzene rings is 1. The van der Waals surface area contributed by atoms with Gasteiger partial charge in [-0.2, -0.15) is 0 Å². The van der Waals surface area contributed by atoms with E-state index in [-0.39, 0.29) is 0 Å². The molecule has 0 saturated heterocycles. The van der Waals surface area contributed by atoms with Crippen LogP contribution in [-0.4, -0.2) is 31.1 Å². The Labute approximate surface area is 119 Å². The van der Waals surface area contributed by atoms with Gasteiger partial charge in [-0.25, -0.2) is 0 Å². The predicted octanol–water partition coefficient (Wildman–Crippen LogP) is 3.71. The van der Waals surface area contributed by atoms with Crippen LogP contribution in [0, 0.1) is 5.92 Å². The summed E-state index contributed by atoms with van der Waals surface area (Å²) in [5, 5.41) is 3.61. The van der Waals surface area contributed by atoms with Crippen molar-refractivity contribution in [3.05, 3.63) is 35.9 Å². The van der Waals surface area contributed by atoms with Gasteiger partial charge in [-0.05, 0) is 37.5 Å². The molecule has 0 heterocycles. The molecule has 1 N–H and O–H groups in total. The van der Waals surface area contributed by atoms with E-state index in [0.29, 0.717) is 12.0 Å². The lowest BCUT2D eigenvalue weighted by atomic mass is 10.0. The third-order valence-corrected chi connectivity index (χ3v) is 3.43. The van der Waals surface area contributed by atoms with E-state index in [9.17, 15) is 0 Å². The molecule has 2 nitrogen and oxygen atoms in total. The maximum absolute atomic E-state index is 3.61. The van der Waals surface area contributed by atoms with E-state index >= 15 is 0 Å². The first-order valence-electron chi connectivity index (χ1n) is 7.68. The number of nitrogens with zero attached hydrogens (tertiary/aromatic N) is 1. The van der Waals surface area contributed by atoms with Crippen LogP contribution in [-0.2, 0) is 0 Å². The van der Waals surface area contributed by atoms with Crippen LogP contribution in [0.2, 0.25) is 0 Å². The maximum atomic E-state index is 3.61. The van der Waals surface area contributed by atoms with Crippen molar-refractivity contribution in [1.29, 1.82) is 0 Å². The quantitative estimate of drug-likeness (QED) is 0.730. The summed E-state index contributed by atoms with van der Waals surface area (Å²) in [4.78, 5) is 2.57. The highest BCUT2D eigenvalue weighted by Gasteiger charge is 2.17. The molecule has 19 heavy (non-hydrogen) atoms. The summed E-state index contributed by atoms with van der Waals surface area (Å²) < 4.78 is 0.